The van der Waals surface area contributed by atoms with Crippen LogP contribution < -0.4 is 4.90 Å². The Hall–Kier alpha value is -3.60. The van der Waals surface area contributed by atoms with Gasteiger partial charge in [-0.1, -0.05) is 30.3 Å². The molecule has 11 heteroatoms. The van der Waals surface area contributed by atoms with Gasteiger partial charge in [0.1, 0.15) is 0 Å². The third-order valence-corrected chi connectivity index (χ3v) is 7.90. The molecule has 0 saturated heterocycles. The van der Waals surface area contributed by atoms with Gasteiger partial charge in [-0.2, -0.15) is 13.8 Å². The van der Waals surface area contributed by atoms with Crippen molar-refractivity contribution in [3.8, 4) is 11.1 Å². The molecule has 0 bridgehead atoms. The van der Waals surface area contributed by atoms with E-state index in [0.717, 1.165) is 26.5 Å². The van der Waals surface area contributed by atoms with Crippen LogP contribution in [0.15, 0.2) is 53.2 Å². The molecule has 1 aliphatic rings. The van der Waals surface area contributed by atoms with Crippen molar-refractivity contribution in [2.24, 2.45) is 0 Å². The van der Waals surface area contributed by atoms with E-state index in [1.54, 1.807) is 22.4 Å². The number of hydrogen-bond donors (Lipinski definition) is 0. The van der Waals surface area contributed by atoms with Gasteiger partial charge in [0.2, 0.25) is 0 Å². The maximum Gasteiger partial charge on any atom is 0.322 e. The number of amides is 1. The molecule has 210 valence electrons. The quantitative estimate of drug-likeness (QED) is 0.123. The third kappa shape index (κ3) is 6.57. The number of aryl methyl sites for hydroxylation is 1. The Kier molecular flexibility index (Phi) is 8.30. The highest BCUT2D eigenvalue weighted by Gasteiger charge is 2.32. The number of alkyl halides is 3. The highest BCUT2D eigenvalue weighted by atomic mass is 32.1. The molecule has 40 heavy (non-hydrogen) atoms. The molecule has 3 heterocycles. The molecule has 0 unspecified atom stereocenters. The zero-order chi connectivity index (χ0) is 28.3. The van der Waals surface area contributed by atoms with Crippen molar-refractivity contribution in [1.29, 1.82) is 0 Å². The maximum atomic E-state index is 13.3. The number of unbranched alkanes of at least 4 members (excludes halogenated alkanes) is 2. The molecule has 0 spiro atoms. The van der Waals surface area contributed by atoms with Crippen LogP contribution in [0.1, 0.15) is 68.1 Å². The smallest absolute Gasteiger partial charge is 0.322 e. The van der Waals surface area contributed by atoms with Gasteiger partial charge in [-0.05, 0) is 49.4 Å². The van der Waals surface area contributed by atoms with Gasteiger partial charge in [0.05, 0.1) is 16.4 Å². The number of rotatable bonds is 13. The largest absolute Gasteiger partial charge is 0.333 e. The van der Waals surface area contributed by atoms with Crippen LogP contribution in [-0.2, 0) is 17.1 Å². The molecule has 1 aromatic carbocycles. The molecular formula is C29H30F3N5O2S. The molecule has 3 aromatic heterocycles. The summed E-state index contributed by atoms with van der Waals surface area (Å²) < 4.78 is 45.3. The van der Waals surface area contributed by atoms with Crippen LogP contribution in [0, 0.1) is 0 Å². The van der Waals surface area contributed by atoms with Gasteiger partial charge in [-0.15, -0.1) is 11.3 Å². The average Bonchev–Trinajstić information content (AvgIpc) is 3.51. The third-order valence-electron chi connectivity index (χ3n) is 6.75. The van der Waals surface area contributed by atoms with Crippen LogP contribution in [0.4, 0.5) is 18.9 Å². The Morgan fingerprint density at radius 3 is 2.73 bits per heavy atom. The molecule has 0 radical (unpaired) electrons. The monoisotopic (exact) mass is 569 g/mol. The Balaban J connectivity index is 1.28. The number of thiazole rings is 1. The van der Waals surface area contributed by atoms with Crippen LogP contribution in [0.2, 0.25) is 0 Å². The number of nitrogens with zero attached hydrogens (tertiary/aromatic N) is 5. The highest BCUT2D eigenvalue weighted by Crippen LogP contribution is 2.43. The summed E-state index contributed by atoms with van der Waals surface area (Å²) in [4.78, 5) is 27.9. The SMILES string of the molecule is C=C(CCF)C(=O)N(CCCCCc1noc(C(C)(F)F)n1)c1cccc(-c2cnc3nc(C4CC4)sc3c2)c1. The number of aromatic nitrogens is 4. The Bertz CT molecular complexity index is 1510. The van der Waals surface area contributed by atoms with Crippen LogP contribution in [0.3, 0.4) is 0 Å². The molecule has 0 atom stereocenters. The first kappa shape index (κ1) is 27.9. The standard InChI is InChI=1S/C29H30F3N5O2S/c1-18(12-13-30)27(38)37(14-5-3-4-9-24-34-28(39-36-24)29(2,31)32)22-8-6-7-20(15-22)21-16-23-25(33-17-21)35-26(40-23)19-10-11-19/h6-8,15-17,19H,1,3-5,9-14H2,2H3. The van der Waals surface area contributed by atoms with Gasteiger partial charge >= 0.3 is 5.92 Å². The molecule has 1 saturated carbocycles. The van der Waals surface area contributed by atoms with E-state index in [0.29, 0.717) is 50.8 Å². The number of halogens is 3. The van der Waals surface area contributed by atoms with Crippen molar-refractivity contribution in [2.75, 3.05) is 18.1 Å². The van der Waals surface area contributed by atoms with Gasteiger partial charge < -0.3 is 9.42 Å². The first-order chi connectivity index (χ1) is 19.2. The number of fused-ring (bicyclic) bond motifs is 1. The van der Waals surface area contributed by atoms with E-state index in [1.807, 2.05) is 24.3 Å². The summed E-state index contributed by atoms with van der Waals surface area (Å²) in [6.45, 7) is 4.23. The van der Waals surface area contributed by atoms with E-state index < -0.39 is 18.5 Å². The molecular weight excluding hydrogens is 539 g/mol. The lowest BCUT2D eigenvalue weighted by molar-refractivity contribution is -0.115. The summed E-state index contributed by atoms with van der Waals surface area (Å²) >= 11 is 1.68. The van der Waals surface area contributed by atoms with E-state index in [-0.39, 0.29) is 23.7 Å². The molecule has 1 aliphatic carbocycles. The summed E-state index contributed by atoms with van der Waals surface area (Å²) in [7, 11) is 0. The van der Waals surface area contributed by atoms with E-state index in [4.69, 9.17) is 0 Å². The van der Waals surface area contributed by atoms with Crippen molar-refractivity contribution >= 4 is 33.3 Å². The first-order valence-corrected chi connectivity index (χ1v) is 14.2. The van der Waals surface area contributed by atoms with Crippen molar-refractivity contribution in [3.63, 3.8) is 0 Å². The van der Waals surface area contributed by atoms with Crippen LogP contribution >= 0.6 is 11.3 Å². The second-order valence-corrected chi connectivity index (χ2v) is 11.2. The normalized spacial score (nSPS) is 13.6. The molecule has 1 fully saturated rings. The van der Waals surface area contributed by atoms with Crippen molar-refractivity contribution < 1.29 is 22.5 Å². The lowest BCUT2D eigenvalue weighted by Crippen LogP contribution is -2.33. The Morgan fingerprint density at radius 2 is 2.00 bits per heavy atom. The Morgan fingerprint density at radius 1 is 1.18 bits per heavy atom. The van der Waals surface area contributed by atoms with E-state index in [1.165, 1.54) is 12.8 Å². The van der Waals surface area contributed by atoms with Crippen LogP contribution in [-0.4, -0.2) is 39.2 Å². The minimum atomic E-state index is -3.18. The first-order valence-electron chi connectivity index (χ1n) is 13.4. The lowest BCUT2D eigenvalue weighted by Gasteiger charge is -2.24. The fourth-order valence-corrected chi connectivity index (χ4v) is 5.51. The van der Waals surface area contributed by atoms with E-state index in [9.17, 15) is 18.0 Å². The summed E-state index contributed by atoms with van der Waals surface area (Å²) in [6.07, 6.45) is 6.46. The molecule has 4 aromatic rings. The predicted octanol–water partition coefficient (Wildman–Crippen LogP) is 7.39. The van der Waals surface area contributed by atoms with Gasteiger partial charge in [0, 0.05) is 55.2 Å². The predicted molar refractivity (Wildman–Crippen MR) is 148 cm³/mol. The number of carbonyl (C=O) groups excluding carboxylic acids is 1. The van der Waals surface area contributed by atoms with Gasteiger partial charge in [-0.25, -0.2) is 9.97 Å². The minimum absolute atomic E-state index is 0.0352. The summed E-state index contributed by atoms with van der Waals surface area (Å²) in [5.74, 6) is -3.41. The minimum Gasteiger partial charge on any atom is -0.333 e. The van der Waals surface area contributed by atoms with Crippen molar-refractivity contribution in [3.05, 3.63) is 65.4 Å². The number of pyridine rings is 1. The zero-order valence-corrected chi connectivity index (χ0v) is 23.0. The number of anilines is 1. The molecule has 0 N–H and O–H groups in total. The van der Waals surface area contributed by atoms with Crippen LogP contribution in [0.25, 0.3) is 21.5 Å². The highest BCUT2D eigenvalue weighted by molar-refractivity contribution is 7.18. The average molecular weight is 570 g/mol. The van der Waals surface area contributed by atoms with Crippen LogP contribution in [0.5, 0.6) is 0 Å². The molecule has 1 amide bonds. The molecule has 0 aliphatic heterocycles. The molecule has 5 rings (SSSR count). The van der Waals surface area contributed by atoms with Gasteiger partial charge in [0.25, 0.3) is 11.8 Å². The van der Waals surface area contributed by atoms with Gasteiger partial charge in [0.15, 0.2) is 11.5 Å². The maximum absolute atomic E-state index is 13.3. The Labute approximate surface area is 234 Å². The lowest BCUT2D eigenvalue weighted by atomic mass is 10.1. The summed E-state index contributed by atoms with van der Waals surface area (Å²) in [6, 6.07) is 9.70. The summed E-state index contributed by atoms with van der Waals surface area (Å²) in [5, 5.41) is 4.76. The second kappa shape index (κ2) is 11.9. The fourth-order valence-electron chi connectivity index (χ4n) is 4.38. The topological polar surface area (TPSA) is 85.0 Å². The number of carbonyl (C=O) groups is 1. The number of hydrogen-bond acceptors (Lipinski definition) is 7. The second-order valence-electron chi connectivity index (χ2n) is 10.1. The van der Waals surface area contributed by atoms with E-state index >= 15 is 0 Å². The fraction of sp³-hybridized carbons (Fsp3) is 0.414. The zero-order valence-electron chi connectivity index (χ0n) is 22.2. The number of benzene rings is 1. The van der Waals surface area contributed by atoms with Crippen molar-refractivity contribution in [2.45, 2.75) is 63.7 Å². The summed E-state index contributed by atoms with van der Waals surface area (Å²) in [5.41, 5.74) is 3.47. The molecule has 7 nitrogen and oxygen atoms in total. The van der Waals surface area contributed by atoms with Crippen molar-refractivity contribution in [1.82, 2.24) is 20.1 Å². The van der Waals surface area contributed by atoms with E-state index in [2.05, 4.69) is 37.3 Å². The van der Waals surface area contributed by atoms with Gasteiger partial charge in [-0.3, -0.25) is 9.18 Å².